The molecule has 3 aromatic carbocycles. The molecule has 4 N–H and O–H groups in total. The first-order chi connectivity index (χ1) is 26.5. The van der Waals surface area contributed by atoms with Gasteiger partial charge in [-0.15, -0.1) is 0 Å². The molecule has 0 aliphatic carbocycles. The number of carbonyl (C=O) groups excluding carboxylic acids is 3. The highest BCUT2D eigenvalue weighted by Crippen LogP contribution is 2.27. The summed E-state index contributed by atoms with van der Waals surface area (Å²) in [6.45, 7) is 3.54. The number of rotatable bonds is 17. The quantitative estimate of drug-likeness (QED) is 0.0913. The number of pyridine rings is 2. The van der Waals surface area contributed by atoms with E-state index < -0.39 is 54.0 Å². The Hall–Kier alpha value is -6.21. The van der Waals surface area contributed by atoms with Gasteiger partial charge in [-0.2, -0.15) is 8.78 Å². The first-order valence-corrected chi connectivity index (χ1v) is 17.7. The van der Waals surface area contributed by atoms with Crippen molar-refractivity contribution < 1.29 is 37.7 Å². The predicted octanol–water partition coefficient (Wildman–Crippen LogP) is 5.94. The van der Waals surface area contributed by atoms with E-state index in [0.717, 1.165) is 11.1 Å². The van der Waals surface area contributed by atoms with Crippen LogP contribution in [-0.2, 0) is 34.0 Å². The smallest absolute Gasteiger partial charge is 0.408 e. The number of aliphatic hydroxyl groups is 1. The van der Waals surface area contributed by atoms with E-state index in [1.807, 2.05) is 36.4 Å². The number of alkyl carbamates (subject to hydrolysis) is 1. The van der Waals surface area contributed by atoms with Crippen LogP contribution < -0.4 is 20.7 Å². The number of aromatic nitrogens is 2. The fourth-order valence-corrected chi connectivity index (χ4v) is 5.66. The maximum Gasteiger partial charge on any atom is 0.408 e. The lowest BCUT2D eigenvalue weighted by Gasteiger charge is -2.32. The zero-order valence-electron chi connectivity index (χ0n) is 30.3. The molecule has 2 aromatic heterocycles. The van der Waals surface area contributed by atoms with Crippen molar-refractivity contribution in [2.75, 3.05) is 0 Å². The Morgan fingerprint density at radius 2 is 1.24 bits per heavy atom. The Labute approximate surface area is 318 Å². The van der Waals surface area contributed by atoms with Crippen molar-refractivity contribution in [3.05, 3.63) is 162 Å². The normalized spacial score (nSPS) is 13.0. The van der Waals surface area contributed by atoms with Crippen molar-refractivity contribution in [3.63, 3.8) is 0 Å². The van der Waals surface area contributed by atoms with E-state index in [-0.39, 0.29) is 24.4 Å². The lowest BCUT2D eigenvalue weighted by molar-refractivity contribution is -0.168. The lowest BCUT2D eigenvalue weighted by atomic mass is 9.94. The average molecular weight is 752 g/mol. The number of nitrogens with zero attached hydrogens (tertiary/aromatic N) is 2. The summed E-state index contributed by atoms with van der Waals surface area (Å²) in [7, 11) is 0. The molecule has 0 fully saturated rings. The van der Waals surface area contributed by atoms with Crippen LogP contribution in [0, 0.1) is 5.92 Å². The summed E-state index contributed by atoms with van der Waals surface area (Å²) in [4.78, 5) is 48.4. The molecule has 0 aliphatic rings. The van der Waals surface area contributed by atoms with Gasteiger partial charge in [0.1, 0.15) is 37.2 Å². The van der Waals surface area contributed by atoms with Crippen molar-refractivity contribution in [3.8, 4) is 5.75 Å². The number of hydrogen-bond donors (Lipinski definition) is 4. The molecule has 0 saturated heterocycles. The molecule has 55 heavy (non-hydrogen) atoms. The van der Waals surface area contributed by atoms with Crippen LogP contribution in [0.1, 0.15) is 48.0 Å². The van der Waals surface area contributed by atoms with Crippen molar-refractivity contribution in [1.29, 1.82) is 0 Å². The predicted molar refractivity (Wildman–Crippen MR) is 201 cm³/mol. The molecule has 3 atom stereocenters. The van der Waals surface area contributed by atoms with Crippen LogP contribution >= 0.6 is 0 Å². The van der Waals surface area contributed by atoms with Crippen LogP contribution in [-0.4, -0.2) is 57.1 Å². The Morgan fingerprint density at radius 1 is 0.691 bits per heavy atom. The van der Waals surface area contributed by atoms with Crippen molar-refractivity contribution in [2.24, 2.45) is 5.92 Å². The fourth-order valence-electron chi connectivity index (χ4n) is 5.66. The molecule has 0 aliphatic heterocycles. The Kier molecular flexibility index (Phi) is 14.0. The minimum Gasteiger partial charge on any atom is -0.489 e. The van der Waals surface area contributed by atoms with Crippen molar-refractivity contribution in [2.45, 2.75) is 63.6 Å². The molecule has 286 valence electrons. The van der Waals surface area contributed by atoms with Gasteiger partial charge in [-0.25, -0.2) is 4.79 Å². The highest BCUT2D eigenvalue weighted by Gasteiger charge is 2.51. The lowest BCUT2D eigenvalue weighted by Crippen LogP contribution is -2.61. The third-order valence-electron chi connectivity index (χ3n) is 8.69. The second-order valence-electron chi connectivity index (χ2n) is 13.1. The van der Waals surface area contributed by atoms with Gasteiger partial charge < -0.3 is 30.5 Å². The van der Waals surface area contributed by atoms with Crippen LogP contribution in [0.5, 0.6) is 5.75 Å². The van der Waals surface area contributed by atoms with Gasteiger partial charge in [0.2, 0.25) is 5.91 Å². The SMILES string of the molecule is CC(C)[C@H](NC(=O)OCc1ccccc1)C(=O)NC(Cc1ccc(OCc2ccccc2)cc1)C(O)C(F)(F)C(=O)NC(c1ccccn1)c1ccccn1. The van der Waals surface area contributed by atoms with Gasteiger partial charge in [0, 0.05) is 12.4 Å². The summed E-state index contributed by atoms with van der Waals surface area (Å²) < 4.78 is 43.5. The molecule has 0 bridgehead atoms. The standard InChI is InChI=1S/C42H43F2N5O6/c1-28(2)36(49-41(53)55-27-31-15-7-4-8-16-31)39(51)47-35(25-29-19-21-32(22-20-29)54-26-30-13-5-3-6-14-30)38(50)42(43,44)40(52)48-37(33-17-9-11-23-45-33)34-18-10-12-24-46-34/h3-24,28,35-38,50H,25-27H2,1-2H3,(H,47,51)(H,48,52)(H,49,53)/t35?,36-,38?/m0/s1. The van der Waals surface area contributed by atoms with Crippen LogP contribution in [0.15, 0.2) is 134 Å². The van der Waals surface area contributed by atoms with Crippen LogP contribution in [0.25, 0.3) is 0 Å². The summed E-state index contributed by atoms with van der Waals surface area (Å²) in [6.07, 6.45) is -1.05. The average Bonchev–Trinajstić information content (AvgIpc) is 3.21. The minimum absolute atomic E-state index is 0.0646. The van der Waals surface area contributed by atoms with E-state index in [9.17, 15) is 19.5 Å². The monoisotopic (exact) mass is 751 g/mol. The number of benzene rings is 3. The summed E-state index contributed by atoms with van der Waals surface area (Å²) in [6, 6.07) is 30.4. The number of nitrogens with one attached hydrogen (secondary N) is 3. The highest BCUT2D eigenvalue weighted by atomic mass is 19.3. The van der Waals surface area contributed by atoms with E-state index in [1.54, 1.807) is 98.8 Å². The number of carbonyl (C=O) groups is 3. The molecular formula is C42H43F2N5O6. The first-order valence-electron chi connectivity index (χ1n) is 17.7. The van der Waals surface area contributed by atoms with Gasteiger partial charge in [-0.3, -0.25) is 19.6 Å². The summed E-state index contributed by atoms with van der Waals surface area (Å²) in [5.74, 6) is -7.13. The second kappa shape index (κ2) is 19.2. The molecule has 5 rings (SSSR count). The van der Waals surface area contributed by atoms with E-state index in [2.05, 4.69) is 25.9 Å². The van der Waals surface area contributed by atoms with Crippen molar-refractivity contribution in [1.82, 2.24) is 25.9 Å². The zero-order chi connectivity index (χ0) is 39.2. The van der Waals surface area contributed by atoms with E-state index in [4.69, 9.17) is 9.47 Å². The second-order valence-corrected chi connectivity index (χ2v) is 13.1. The summed E-state index contributed by atoms with van der Waals surface area (Å²) in [5, 5.41) is 18.6. The number of aliphatic hydroxyl groups excluding tert-OH is 1. The van der Waals surface area contributed by atoms with Crippen molar-refractivity contribution >= 4 is 17.9 Å². The first kappa shape index (κ1) is 40.0. The van der Waals surface area contributed by atoms with E-state index in [1.165, 1.54) is 12.4 Å². The summed E-state index contributed by atoms with van der Waals surface area (Å²) in [5.41, 5.74) is 2.60. The molecular weight excluding hydrogens is 708 g/mol. The third kappa shape index (κ3) is 11.4. The molecule has 3 amide bonds. The molecule has 2 unspecified atom stereocenters. The van der Waals surface area contributed by atoms with E-state index >= 15 is 8.78 Å². The van der Waals surface area contributed by atoms with Gasteiger partial charge in [-0.1, -0.05) is 98.8 Å². The zero-order valence-corrected chi connectivity index (χ0v) is 30.3. The Morgan fingerprint density at radius 3 is 1.76 bits per heavy atom. The Balaban J connectivity index is 1.35. The highest BCUT2D eigenvalue weighted by molar-refractivity contribution is 5.87. The summed E-state index contributed by atoms with van der Waals surface area (Å²) >= 11 is 0. The van der Waals surface area contributed by atoms with Gasteiger partial charge in [0.25, 0.3) is 5.91 Å². The molecule has 2 heterocycles. The Bertz CT molecular complexity index is 1920. The molecule has 5 aromatic rings. The van der Waals surface area contributed by atoms with Crippen LogP contribution in [0.3, 0.4) is 0 Å². The molecule has 13 heteroatoms. The maximum atomic E-state index is 16.2. The number of ether oxygens (including phenoxy) is 2. The fraction of sp³-hybridized carbons (Fsp3) is 0.262. The van der Waals surface area contributed by atoms with E-state index in [0.29, 0.717) is 17.9 Å². The van der Waals surface area contributed by atoms with Crippen LogP contribution in [0.2, 0.25) is 0 Å². The molecule has 0 spiro atoms. The van der Waals surface area contributed by atoms with Gasteiger partial charge in [0.05, 0.1) is 17.4 Å². The van der Waals surface area contributed by atoms with Gasteiger partial charge in [-0.05, 0) is 65.4 Å². The van der Waals surface area contributed by atoms with Gasteiger partial charge in [0.15, 0.2) is 0 Å². The largest absolute Gasteiger partial charge is 0.489 e. The number of halogens is 2. The number of alkyl halides is 2. The molecule has 0 radical (unpaired) electrons. The third-order valence-corrected chi connectivity index (χ3v) is 8.69. The number of amides is 3. The maximum absolute atomic E-state index is 16.2. The van der Waals surface area contributed by atoms with Crippen LogP contribution in [0.4, 0.5) is 13.6 Å². The molecule has 0 saturated carbocycles. The minimum atomic E-state index is -4.44. The number of hydrogen-bond acceptors (Lipinski definition) is 8. The molecule has 11 nitrogen and oxygen atoms in total. The topological polar surface area (TPSA) is 152 Å². The van der Waals surface area contributed by atoms with Gasteiger partial charge >= 0.3 is 12.0 Å².